The van der Waals surface area contributed by atoms with Gasteiger partial charge in [-0.05, 0) is 61.4 Å². The van der Waals surface area contributed by atoms with E-state index in [1.165, 1.54) is 10.1 Å². The van der Waals surface area contributed by atoms with E-state index in [0.29, 0.717) is 79.0 Å². The summed E-state index contributed by atoms with van der Waals surface area (Å²) in [6.07, 6.45) is 1.52. The Morgan fingerprint density at radius 2 is 1.69 bits per heavy atom. The van der Waals surface area contributed by atoms with Crippen molar-refractivity contribution in [1.29, 1.82) is 5.26 Å². The molecule has 2 aliphatic rings. The molecule has 42 heavy (non-hydrogen) atoms. The summed E-state index contributed by atoms with van der Waals surface area (Å²) in [5.74, 6) is 1.60. The van der Waals surface area contributed by atoms with Crippen molar-refractivity contribution in [2.24, 2.45) is 5.92 Å². The highest BCUT2D eigenvalue weighted by Crippen LogP contribution is 2.30. The number of nitrogens with zero attached hydrogens (tertiary/aromatic N) is 6. The summed E-state index contributed by atoms with van der Waals surface area (Å²) in [6.45, 7) is 4.00. The lowest BCUT2D eigenvalue weighted by Gasteiger charge is -2.30. The molecular formula is C31H34F2N8O. The Labute approximate surface area is 243 Å². The maximum absolute atomic E-state index is 14.1. The lowest BCUT2D eigenvalue weighted by atomic mass is 9.86. The van der Waals surface area contributed by atoms with E-state index in [1.807, 2.05) is 30.3 Å². The fraction of sp³-hybridized carbons (Fsp3) is 0.419. The number of rotatable bonds is 9. The molecule has 218 valence electrons. The highest BCUT2D eigenvalue weighted by Gasteiger charge is 2.24. The maximum Gasteiger partial charge on any atom is 0.296 e. The Balaban J connectivity index is 1.15. The molecule has 0 radical (unpaired) electrons. The Bertz CT molecular complexity index is 1540. The van der Waals surface area contributed by atoms with Gasteiger partial charge < -0.3 is 20.3 Å². The Morgan fingerprint density at radius 3 is 2.43 bits per heavy atom. The van der Waals surface area contributed by atoms with Crippen LogP contribution in [-0.4, -0.2) is 58.4 Å². The molecule has 2 aromatic carbocycles. The predicted octanol–water partition coefficient (Wildman–Crippen LogP) is 5.22. The summed E-state index contributed by atoms with van der Waals surface area (Å²) in [6, 6.07) is 19.2. The van der Waals surface area contributed by atoms with Gasteiger partial charge >= 0.3 is 0 Å². The van der Waals surface area contributed by atoms with Gasteiger partial charge in [0.25, 0.3) is 6.43 Å². The number of anilines is 2. The molecule has 0 bridgehead atoms. The van der Waals surface area contributed by atoms with E-state index in [0.717, 1.165) is 32.2 Å². The number of benzene rings is 2. The van der Waals surface area contributed by atoms with E-state index in [4.69, 9.17) is 20.0 Å². The van der Waals surface area contributed by atoms with Crippen molar-refractivity contribution in [3.05, 3.63) is 71.5 Å². The molecule has 6 rings (SSSR count). The van der Waals surface area contributed by atoms with Crippen LogP contribution in [0.4, 0.5) is 20.5 Å². The van der Waals surface area contributed by atoms with Gasteiger partial charge in [-0.15, -0.1) is 0 Å². The molecule has 2 N–H and O–H groups in total. The molecule has 1 aliphatic carbocycles. The number of nitrogens with one attached hydrogen (secondary N) is 2. The van der Waals surface area contributed by atoms with Gasteiger partial charge in [0, 0.05) is 38.3 Å². The number of ether oxygens (including phenoxy) is 1. The lowest BCUT2D eigenvalue weighted by Crippen LogP contribution is -2.37. The van der Waals surface area contributed by atoms with Crippen molar-refractivity contribution in [1.82, 2.24) is 24.8 Å². The normalized spacial score (nSPS) is 19.2. The summed E-state index contributed by atoms with van der Waals surface area (Å²) in [4.78, 5) is 15.8. The molecule has 11 heteroatoms. The number of aromatic nitrogens is 4. The number of hydrogen-bond acceptors (Lipinski definition) is 8. The minimum absolute atomic E-state index is 0.333. The fourth-order valence-electron chi connectivity index (χ4n) is 5.77. The molecular weight excluding hydrogens is 538 g/mol. The average Bonchev–Trinajstić information content (AvgIpc) is 3.44. The summed E-state index contributed by atoms with van der Waals surface area (Å²) in [7, 11) is 0. The molecule has 1 saturated heterocycles. The van der Waals surface area contributed by atoms with E-state index in [2.05, 4.69) is 26.6 Å². The number of alkyl halides is 2. The second kappa shape index (κ2) is 12.8. The number of imidazole rings is 1. The second-order valence-corrected chi connectivity index (χ2v) is 10.9. The van der Waals surface area contributed by atoms with Crippen molar-refractivity contribution in [3.8, 4) is 11.9 Å². The van der Waals surface area contributed by atoms with Gasteiger partial charge in [-0.1, -0.05) is 24.3 Å². The van der Waals surface area contributed by atoms with Crippen molar-refractivity contribution >= 4 is 22.8 Å². The molecule has 9 nitrogen and oxygen atoms in total. The molecule has 1 aliphatic heterocycles. The van der Waals surface area contributed by atoms with Crippen LogP contribution in [-0.2, 0) is 11.3 Å². The topological polar surface area (TPSA) is 104 Å². The molecule has 4 aromatic rings. The number of hydrogen-bond donors (Lipinski definition) is 2. The van der Waals surface area contributed by atoms with Crippen LogP contribution in [0.25, 0.3) is 16.9 Å². The molecule has 2 fully saturated rings. The van der Waals surface area contributed by atoms with Gasteiger partial charge in [-0.3, -0.25) is 4.57 Å². The first-order valence-electron chi connectivity index (χ1n) is 14.5. The smallest absolute Gasteiger partial charge is 0.296 e. The van der Waals surface area contributed by atoms with Gasteiger partial charge in [-0.2, -0.15) is 15.2 Å². The summed E-state index contributed by atoms with van der Waals surface area (Å²) in [5, 5.41) is 16.1. The van der Waals surface area contributed by atoms with Crippen molar-refractivity contribution in [2.75, 3.05) is 43.1 Å². The van der Waals surface area contributed by atoms with Crippen molar-refractivity contribution < 1.29 is 13.5 Å². The largest absolute Gasteiger partial charge is 0.378 e. The third-order valence-electron chi connectivity index (χ3n) is 8.12. The van der Waals surface area contributed by atoms with E-state index in [-0.39, 0.29) is 5.82 Å². The average molecular weight is 573 g/mol. The lowest BCUT2D eigenvalue weighted by molar-refractivity contribution is 0.122. The van der Waals surface area contributed by atoms with Gasteiger partial charge in [0.05, 0.1) is 35.9 Å². The molecule has 0 amide bonds. The zero-order valence-electron chi connectivity index (χ0n) is 23.3. The molecule has 0 atom stereocenters. The monoisotopic (exact) mass is 572 g/mol. The Morgan fingerprint density at radius 1 is 0.952 bits per heavy atom. The van der Waals surface area contributed by atoms with Gasteiger partial charge in [-0.25, -0.2) is 13.8 Å². The fourth-order valence-corrected chi connectivity index (χ4v) is 5.77. The molecule has 2 aromatic heterocycles. The summed E-state index contributed by atoms with van der Waals surface area (Å²) >= 11 is 0. The number of morpholine rings is 1. The quantitative estimate of drug-likeness (QED) is 0.281. The molecule has 0 unspecified atom stereocenters. The van der Waals surface area contributed by atoms with Gasteiger partial charge in [0.1, 0.15) is 11.6 Å². The standard InChI is InChI=1S/C31H34F2N8O/c32-29(33)30-37-25-3-1-2-4-26(25)41(30)28-17-27(40-13-15-42-16-14-40)38-31(39-28)36-20-23-9-11-24(12-10-23)35-19-22-7-5-21(18-34)6-8-22/h1-8,17,23-24,29,35H,9-16,19-20H2,(H,36,38,39)/t23-,24-. The zero-order valence-corrected chi connectivity index (χ0v) is 23.3. The maximum atomic E-state index is 14.1. The van der Waals surface area contributed by atoms with Crippen LogP contribution < -0.4 is 15.5 Å². The van der Waals surface area contributed by atoms with Crippen molar-refractivity contribution in [3.63, 3.8) is 0 Å². The molecule has 1 saturated carbocycles. The number of para-hydroxylation sites is 2. The van der Waals surface area contributed by atoms with Gasteiger partial charge in [0.15, 0.2) is 5.82 Å². The first-order valence-corrected chi connectivity index (χ1v) is 14.5. The minimum Gasteiger partial charge on any atom is -0.378 e. The van der Waals surface area contributed by atoms with Crippen LogP contribution in [0.2, 0.25) is 0 Å². The predicted molar refractivity (Wildman–Crippen MR) is 157 cm³/mol. The van der Waals surface area contributed by atoms with Crippen LogP contribution >= 0.6 is 0 Å². The van der Waals surface area contributed by atoms with Crippen LogP contribution in [0.3, 0.4) is 0 Å². The highest BCUT2D eigenvalue weighted by molar-refractivity contribution is 5.78. The summed E-state index contributed by atoms with van der Waals surface area (Å²) in [5.41, 5.74) is 2.92. The van der Waals surface area contributed by atoms with Crippen LogP contribution in [0, 0.1) is 17.2 Å². The first-order chi connectivity index (χ1) is 20.6. The molecule has 0 spiro atoms. The Kier molecular flexibility index (Phi) is 8.53. The van der Waals surface area contributed by atoms with Crippen LogP contribution in [0.5, 0.6) is 0 Å². The summed E-state index contributed by atoms with van der Waals surface area (Å²) < 4.78 is 35.2. The SMILES string of the molecule is N#Cc1ccc(CN[C@H]2CC[C@H](CNc3nc(N4CCOCC4)cc(-n4c(C(F)F)nc5ccccc54)n3)CC2)cc1. The minimum atomic E-state index is -2.75. The number of nitriles is 1. The van der Waals surface area contributed by atoms with E-state index in [9.17, 15) is 8.78 Å². The van der Waals surface area contributed by atoms with Crippen LogP contribution in [0.15, 0.2) is 54.6 Å². The number of halogens is 2. The molecule has 3 heterocycles. The highest BCUT2D eigenvalue weighted by atomic mass is 19.3. The zero-order chi connectivity index (χ0) is 28.9. The Hall–Kier alpha value is -4.14. The van der Waals surface area contributed by atoms with E-state index >= 15 is 0 Å². The number of fused-ring (bicyclic) bond motifs is 1. The van der Waals surface area contributed by atoms with Crippen molar-refractivity contribution in [2.45, 2.75) is 44.7 Å². The second-order valence-electron chi connectivity index (χ2n) is 10.9. The first kappa shape index (κ1) is 28.0. The van der Waals surface area contributed by atoms with Gasteiger partial charge in [0.2, 0.25) is 5.95 Å². The van der Waals surface area contributed by atoms with Crippen LogP contribution in [0.1, 0.15) is 49.1 Å². The van der Waals surface area contributed by atoms with E-state index in [1.54, 1.807) is 24.3 Å². The van der Waals surface area contributed by atoms with E-state index < -0.39 is 6.43 Å². The third-order valence-corrected chi connectivity index (χ3v) is 8.12. The third kappa shape index (κ3) is 6.35.